The van der Waals surface area contributed by atoms with Crippen LogP contribution in [0.5, 0.6) is 0 Å². The van der Waals surface area contributed by atoms with Crippen LogP contribution in [0.15, 0.2) is 54.6 Å². The minimum atomic E-state index is -0.367. The van der Waals surface area contributed by atoms with E-state index in [1.54, 1.807) is 4.90 Å². The van der Waals surface area contributed by atoms with Crippen molar-refractivity contribution in [2.45, 2.75) is 26.5 Å². The van der Waals surface area contributed by atoms with Crippen LogP contribution in [0, 0.1) is 12.8 Å². The van der Waals surface area contributed by atoms with E-state index in [1.165, 1.54) is 5.56 Å². The van der Waals surface area contributed by atoms with Gasteiger partial charge in [-0.05, 0) is 18.1 Å². The highest BCUT2D eigenvalue weighted by Crippen LogP contribution is 2.20. The molecule has 3 rings (SSSR count). The minimum absolute atomic E-state index is 0.00350. The lowest BCUT2D eigenvalue weighted by Gasteiger charge is -2.16. The first-order valence-electron chi connectivity index (χ1n) is 8.40. The molecule has 5 nitrogen and oxygen atoms in total. The van der Waals surface area contributed by atoms with Crippen LogP contribution < -0.4 is 5.48 Å². The third-order valence-electron chi connectivity index (χ3n) is 4.33. The molecule has 1 fully saturated rings. The van der Waals surface area contributed by atoms with Crippen LogP contribution in [-0.4, -0.2) is 23.3 Å². The van der Waals surface area contributed by atoms with Gasteiger partial charge in [0, 0.05) is 19.5 Å². The van der Waals surface area contributed by atoms with Gasteiger partial charge < -0.3 is 4.90 Å². The van der Waals surface area contributed by atoms with Gasteiger partial charge in [-0.25, -0.2) is 5.48 Å². The highest BCUT2D eigenvalue weighted by molar-refractivity contribution is 5.88. The average molecular weight is 338 g/mol. The van der Waals surface area contributed by atoms with E-state index >= 15 is 0 Å². The molecule has 1 saturated heterocycles. The van der Waals surface area contributed by atoms with Crippen LogP contribution in [0.25, 0.3) is 0 Å². The molecule has 0 radical (unpaired) electrons. The molecule has 2 amide bonds. The number of amides is 2. The molecule has 1 atom stereocenters. The maximum Gasteiger partial charge on any atom is 0.248 e. The Morgan fingerprint density at radius 2 is 1.84 bits per heavy atom. The van der Waals surface area contributed by atoms with Crippen molar-refractivity contribution in [3.05, 3.63) is 71.3 Å². The van der Waals surface area contributed by atoms with Crippen LogP contribution in [-0.2, 0) is 27.6 Å². The standard InChI is InChI=1S/C20H22N2O3/c1-15-7-9-16(10-8-15)12-22-13-18(11-19(22)23)20(24)21-25-14-17-5-3-2-4-6-17/h2-10,18H,11-14H2,1H3,(H,21,24)/t18-/m0/s1. The highest BCUT2D eigenvalue weighted by atomic mass is 16.6. The van der Waals surface area contributed by atoms with E-state index in [9.17, 15) is 9.59 Å². The van der Waals surface area contributed by atoms with Crippen LogP contribution >= 0.6 is 0 Å². The Morgan fingerprint density at radius 1 is 1.12 bits per heavy atom. The van der Waals surface area contributed by atoms with Crippen molar-refractivity contribution in [1.82, 2.24) is 10.4 Å². The van der Waals surface area contributed by atoms with E-state index in [2.05, 4.69) is 5.48 Å². The van der Waals surface area contributed by atoms with E-state index in [0.29, 0.717) is 19.7 Å². The number of hydroxylamine groups is 1. The second-order valence-corrected chi connectivity index (χ2v) is 6.40. The molecule has 0 saturated carbocycles. The van der Waals surface area contributed by atoms with E-state index < -0.39 is 0 Å². The summed E-state index contributed by atoms with van der Waals surface area (Å²) in [6.45, 7) is 3.29. The van der Waals surface area contributed by atoms with Crippen LogP contribution in [0.3, 0.4) is 0 Å². The second-order valence-electron chi connectivity index (χ2n) is 6.40. The van der Waals surface area contributed by atoms with Gasteiger partial charge in [0.25, 0.3) is 0 Å². The summed E-state index contributed by atoms with van der Waals surface area (Å²) in [7, 11) is 0. The van der Waals surface area contributed by atoms with E-state index in [4.69, 9.17) is 4.84 Å². The monoisotopic (exact) mass is 338 g/mol. The van der Waals surface area contributed by atoms with Crippen LogP contribution in [0.1, 0.15) is 23.1 Å². The van der Waals surface area contributed by atoms with Crippen molar-refractivity contribution in [2.24, 2.45) is 5.92 Å². The van der Waals surface area contributed by atoms with Crippen molar-refractivity contribution >= 4 is 11.8 Å². The molecule has 2 aromatic rings. The molecule has 2 aromatic carbocycles. The largest absolute Gasteiger partial charge is 0.338 e. The topological polar surface area (TPSA) is 58.6 Å². The molecule has 1 aliphatic heterocycles. The maximum atomic E-state index is 12.2. The molecular weight excluding hydrogens is 316 g/mol. The Kier molecular flexibility index (Phi) is 5.46. The lowest BCUT2D eigenvalue weighted by atomic mass is 10.1. The summed E-state index contributed by atoms with van der Waals surface area (Å²) in [6.07, 6.45) is 0.229. The maximum absolute atomic E-state index is 12.2. The van der Waals surface area contributed by atoms with Crippen LogP contribution in [0.4, 0.5) is 0 Å². The molecule has 0 aliphatic carbocycles. The SMILES string of the molecule is Cc1ccc(CN2C[C@@H](C(=O)NOCc3ccccc3)CC2=O)cc1. The smallest absolute Gasteiger partial charge is 0.248 e. The van der Waals surface area contributed by atoms with Crippen molar-refractivity contribution in [2.75, 3.05) is 6.54 Å². The molecule has 1 aliphatic rings. The van der Waals surface area contributed by atoms with E-state index in [-0.39, 0.29) is 24.2 Å². The predicted molar refractivity (Wildman–Crippen MR) is 94.1 cm³/mol. The third-order valence-corrected chi connectivity index (χ3v) is 4.33. The van der Waals surface area contributed by atoms with Gasteiger partial charge in [0.05, 0.1) is 12.5 Å². The highest BCUT2D eigenvalue weighted by Gasteiger charge is 2.34. The van der Waals surface area contributed by atoms with Gasteiger partial charge >= 0.3 is 0 Å². The summed E-state index contributed by atoms with van der Waals surface area (Å²) in [6, 6.07) is 17.7. The summed E-state index contributed by atoms with van der Waals surface area (Å²) < 4.78 is 0. The number of hydrogen-bond acceptors (Lipinski definition) is 3. The molecule has 0 aromatic heterocycles. The first-order chi connectivity index (χ1) is 12.1. The summed E-state index contributed by atoms with van der Waals surface area (Å²) in [5.41, 5.74) is 5.70. The molecule has 5 heteroatoms. The van der Waals surface area contributed by atoms with Gasteiger partial charge in [-0.3, -0.25) is 14.4 Å². The van der Waals surface area contributed by atoms with Crippen molar-refractivity contribution < 1.29 is 14.4 Å². The summed E-state index contributed by atoms with van der Waals surface area (Å²) in [5, 5.41) is 0. The summed E-state index contributed by atoms with van der Waals surface area (Å²) in [4.78, 5) is 31.4. The van der Waals surface area contributed by atoms with Gasteiger partial charge in [0.2, 0.25) is 11.8 Å². The van der Waals surface area contributed by atoms with Gasteiger partial charge in [0.1, 0.15) is 0 Å². The minimum Gasteiger partial charge on any atom is -0.338 e. The molecule has 130 valence electrons. The Labute approximate surface area is 147 Å². The van der Waals surface area contributed by atoms with Crippen LogP contribution in [0.2, 0.25) is 0 Å². The zero-order valence-corrected chi connectivity index (χ0v) is 14.3. The zero-order valence-electron chi connectivity index (χ0n) is 14.3. The number of nitrogens with one attached hydrogen (secondary N) is 1. The molecule has 0 spiro atoms. The Balaban J connectivity index is 1.47. The van der Waals surface area contributed by atoms with Crippen molar-refractivity contribution in [1.29, 1.82) is 0 Å². The van der Waals surface area contributed by atoms with Gasteiger partial charge in [-0.2, -0.15) is 0 Å². The summed E-state index contributed by atoms with van der Waals surface area (Å²) >= 11 is 0. The Morgan fingerprint density at radius 3 is 2.56 bits per heavy atom. The number of carbonyl (C=O) groups excluding carboxylic acids is 2. The number of rotatable bonds is 6. The molecule has 25 heavy (non-hydrogen) atoms. The quantitative estimate of drug-likeness (QED) is 0.824. The predicted octanol–water partition coefficient (Wildman–Crippen LogP) is 2.59. The molecule has 0 unspecified atom stereocenters. The Bertz CT molecular complexity index is 728. The molecular formula is C20H22N2O3. The number of nitrogens with zero attached hydrogens (tertiary/aromatic N) is 1. The number of hydrogen-bond donors (Lipinski definition) is 1. The van der Waals surface area contributed by atoms with Gasteiger partial charge in [-0.15, -0.1) is 0 Å². The lowest BCUT2D eigenvalue weighted by molar-refractivity contribution is -0.138. The second kappa shape index (κ2) is 7.94. The fourth-order valence-electron chi connectivity index (χ4n) is 2.86. The number of carbonyl (C=O) groups is 2. The first kappa shape index (κ1) is 17.2. The van der Waals surface area contributed by atoms with Crippen molar-refractivity contribution in [3.63, 3.8) is 0 Å². The van der Waals surface area contributed by atoms with E-state index in [0.717, 1.165) is 11.1 Å². The summed E-state index contributed by atoms with van der Waals surface area (Å²) in [5.74, 6) is -0.604. The number of likely N-dealkylation sites (tertiary alicyclic amines) is 1. The zero-order chi connectivity index (χ0) is 17.6. The van der Waals surface area contributed by atoms with Gasteiger partial charge in [-0.1, -0.05) is 60.2 Å². The molecule has 1 heterocycles. The molecule has 0 bridgehead atoms. The fourth-order valence-corrected chi connectivity index (χ4v) is 2.86. The first-order valence-corrected chi connectivity index (χ1v) is 8.40. The third kappa shape index (κ3) is 4.67. The lowest BCUT2D eigenvalue weighted by Crippen LogP contribution is -2.32. The molecule has 1 N–H and O–H groups in total. The van der Waals surface area contributed by atoms with E-state index in [1.807, 2.05) is 61.5 Å². The van der Waals surface area contributed by atoms with Crippen molar-refractivity contribution in [3.8, 4) is 0 Å². The fraction of sp³-hybridized carbons (Fsp3) is 0.300. The van der Waals surface area contributed by atoms with Gasteiger partial charge in [0.15, 0.2) is 0 Å². The number of aryl methyl sites for hydroxylation is 1. The Hall–Kier alpha value is -2.66. The normalized spacial score (nSPS) is 16.9. The number of benzene rings is 2. The average Bonchev–Trinajstić information content (AvgIpc) is 2.99.